The van der Waals surface area contributed by atoms with Crippen molar-refractivity contribution in [2.24, 2.45) is 5.92 Å². The molecule has 10 nitrogen and oxygen atoms in total. The number of aliphatic hydroxyl groups excluding tert-OH is 1. The summed E-state index contributed by atoms with van der Waals surface area (Å²) in [5, 5.41) is 15.9. The monoisotopic (exact) mass is 491 g/mol. The minimum absolute atomic E-state index is 0.0126. The molecule has 0 unspecified atom stereocenters. The number of nitrogens with one attached hydrogen (secondary N) is 2. The number of ether oxygens (including phenoxy) is 2. The van der Waals surface area contributed by atoms with Gasteiger partial charge in [-0.15, -0.1) is 0 Å². The number of rotatable bonds is 3. The Morgan fingerprint density at radius 1 is 1.14 bits per heavy atom. The lowest BCUT2D eigenvalue weighted by molar-refractivity contribution is -0.148. The highest BCUT2D eigenvalue weighted by Gasteiger charge is 2.62. The summed E-state index contributed by atoms with van der Waals surface area (Å²) in [4.78, 5) is 53.3. The first kappa shape index (κ1) is 25.5. The average molecular weight is 492 g/mol. The van der Waals surface area contributed by atoms with E-state index in [1.807, 2.05) is 12.2 Å². The molecular formula is C25H37N3O7. The summed E-state index contributed by atoms with van der Waals surface area (Å²) in [6.07, 6.45) is 10.2. The van der Waals surface area contributed by atoms with Crippen LogP contribution >= 0.6 is 0 Å². The second-order valence-corrected chi connectivity index (χ2v) is 10.2. The first-order chi connectivity index (χ1) is 16.8. The summed E-state index contributed by atoms with van der Waals surface area (Å²) >= 11 is 0. The molecule has 10 heteroatoms. The normalized spacial score (nSPS) is 35.1. The quantitative estimate of drug-likeness (QED) is 0.403. The van der Waals surface area contributed by atoms with E-state index in [-0.39, 0.29) is 25.0 Å². The van der Waals surface area contributed by atoms with Crippen LogP contribution in [-0.4, -0.2) is 77.4 Å². The summed E-state index contributed by atoms with van der Waals surface area (Å²) in [7, 11) is 1.29. The van der Waals surface area contributed by atoms with Gasteiger partial charge in [0, 0.05) is 18.9 Å². The molecule has 194 valence electrons. The lowest BCUT2D eigenvalue weighted by Gasteiger charge is -2.29. The largest absolute Gasteiger partial charge is 0.467 e. The van der Waals surface area contributed by atoms with Crippen LogP contribution in [0.1, 0.15) is 70.6 Å². The first-order valence-corrected chi connectivity index (χ1v) is 12.9. The van der Waals surface area contributed by atoms with Crippen LogP contribution in [-0.2, 0) is 23.9 Å². The Labute approximate surface area is 205 Å². The van der Waals surface area contributed by atoms with Gasteiger partial charge in [-0.25, -0.2) is 9.59 Å². The molecule has 3 amide bonds. The highest BCUT2D eigenvalue weighted by atomic mass is 16.6. The number of fused-ring (bicyclic) bond motifs is 2. The van der Waals surface area contributed by atoms with E-state index in [0.29, 0.717) is 12.8 Å². The Morgan fingerprint density at radius 2 is 1.89 bits per heavy atom. The van der Waals surface area contributed by atoms with Gasteiger partial charge in [0.05, 0.1) is 13.2 Å². The fourth-order valence-electron chi connectivity index (χ4n) is 5.58. The topological polar surface area (TPSA) is 134 Å². The van der Waals surface area contributed by atoms with Crippen LogP contribution in [0.15, 0.2) is 12.2 Å². The van der Waals surface area contributed by atoms with Crippen LogP contribution in [0.3, 0.4) is 0 Å². The molecule has 35 heavy (non-hydrogen) atoms. The Morgan fingerprint density at radius 3 is 2.63 bits per heavy atom. The molecule has 0 aromatic heterocycles. The van der Waals surface area contributed by atoms with E-state index in [1.165, 1.54) is 12.0 Å². The number of allylic oxidation sites excluding steroid dienone is 1. The van der Waals surface area contributed by atoms with E-state index in [2.05, 4.69) is 10.6 Å². The minimum Gasteiger partial charge on any atom is -0.467 e. The number of carbonyl (C=O) groups is 4. The Balaban J connectivity index is 1.52. The minimum atomic E-state index is -1.15. The molecule has 0 spiro atoms. The number of amides is 3. The second-order valence-electron chi connectivity index (χ2n) is 10.2. The molecule has 2 aliphatic heterocycles. The van der Waals surface area contributed by atoms with Crippen LogP contribution < -0.4 is 10.6 Å². The molecule has 3 fully saturated rings. The van der Waals surface area contributed by atoms with Crippen molar-refractivity contribution in [3.8, 4) is 0 Å². The highest BCUT2D eigenvalue weighted by Crippen LogP contribution is 2.46. The molecule has 1 saturated heterocycles. The Kier molecular flexibility index (Phi) is 7.98. The van der Waals surface area contributed by atoms with Gasteiger partial charge in [-0.3, -0.25) is 9.59 Å². The number of carbonyl (C=O) groups excluding carboxylic acids is 4. The predicted molar refractivity (Wildman–Crippen MR) is 125 cm³/mol. The van der Waals surface area contributed by atoms with Gasteiger partial charge in [-0.2, -0.15) is 0 Å². The van der Waals surface area contributed by atoms with Crippen molar-refractivity contribution in [1.29, 1.82) is 0 Å². The number of alkyl carbamates (subject to hydrolysis) is 1. The smallest absolute Gasteiger partial charge is 0.408 e. The number of nitrogens with zero attached hydrogens (tertiary/aromatic N) is 1. The third kappa shape index (κ3) is 5.79. The van der Waals surface area contributed by atoms with Crippen LogP contribution in [0.25, 0.3) is 0 Å². The molecule has 0 aromatic rings. The number of esters is 1. The van der Waals surface area contributed by atoms with Gasteiger partial charge in [0.15, 0.2) is 0 Å². The van der Waals surface area contributed by atoms with Crippen molar-refractivity contribution in [1.82, 2.24) is 15.5 Å². The summed E-state index contributed by atoms with van der Waals surface area (Å²) < 4.78 is 10.5. The molecule has 2 heterocycles. The van der Waals surface area contributed by atoms with E-state index >= 15 is 0 Å². The number of hydrogen-bond donors (Lipinski definition) is 3. The van der Waals surface area contributed by atoms with Gasteiger partial charge in [0.2, 0.25) is 11.8 Å². The summed E-state index contributed by atoms with van der Waals surface area (Å²) in [5.41, 5.74) is -1.15. The molecule has 0 bridgehead atoms. The molecule has 4 aliphatic rings. The van der Waals surface area contributed by atoms with Gasteiger partial charge < -0.3 is 30.1 Å². The number of hydrogen-bond acceptors (Lipinski definition) is 7. The Hall–Kier alpha value is -2.62. The predicted octanol–water partition coefficient (Wildman–Crippen LogP) is 1.55. The second kappa shape index (κ2) is 11.0. The molecule has 3 N–H and O–H groups in total. The summed E-state index contributed by atoms with van der Waals surface area (Å²) in [6.45, 7) is -0.0126. The zero-order valence-corrected chi connectivity index (χ0v) is 20.4. The van der Waals surface area contributed by atoms with Gasteiger partial charge >= 0.3 is 12.1 Å². The maximum atomic E-state index is 13.6. The third-order valence-corrected chi connectivity index (χ3v) is 7.67. The van der Waals surface area contributed by atoms with Crippen LogP contribution in [0, 0.1) is 5.92 Å². The number of aliphatic hydroxyl groups is 1. The van der Waals surface area contributed by atoms with Crippen molar-refractivity contribution in [2.45, 2.75) is 100 Å². The number of methoxy groups -OCH3 is 1. The molecule has 2 saturated carbocycles. The average Bonchev–Trinajstić information content (AvgIpc) is 3.14. The highest BCUT2D eigenvalue weighted by molar-refractivity contribution is 5.96. The maximum Gasteiger partial charge on any atom is 0.408 e. The van der Waals surface area contributed by atoms with Crippen molar-refractivity contribution < 1.29 is 33.8 Å². The zero-order valence-electron chi connectivity index (χ0n) is 20.4. The first-order valence-electron chi connectivity index (χ1n) is 12.9. The molecule has 5 atom stereocenters. The zero-order chi connectivity index (χ0) is 25.0. The molecule has 0 aromatic carbocycles. The van der Waals surface area contributed by atoms with Gasteiger partial charge in [-0.1, -0.05) is 25.0 Å². The molecule has 4 rings (SSSR count). The van der Waals surface area contributed by atoms with Gasteiger partial charge in [0.1, 0.15) is 23.7 Å². The van der Waals surface area contributed by atoms with E-state index in [4.69, 9.17) is 9.47 Å². The van der Waals surface area contributed by atoms with Gasteiger partial charge in [0.25, 0.3) is 0 Å². The standard InChI is InChI=1S/C25H37N3O7/c1-34-23(32)25-14-16(25)9-5-3-2-4-6-12-19(26-24(33)35-18-10-7-8-11-18)22(31)28-15-17(29)13-20(28)21(30)27-25/h5,9,16-20,29H,2-4,6-8,10-15H2,1H3,(H,26,33)(H,27,30)/b9-5-/t16-,17+,19-,20-,25+/m0/s1. The van der Waals surface area contributed by atoms with E-state index in [9.17, 15) is 24.3 Å². The molecular weight excluding hydrogens is 454 g/mol. The van der Waals surface area contributed by atoms with Crippen LogP contribution in [0.2, 0.25) is 0 Å². The van der Waals surface area contributed by atoms with Crippen molar-refractivity contribution in [2.75, 3.05) is 13.7 Å². The van der Waals surface area contributed by atoms with Crippen molar-refractivity contribution >= 4 is 23.9 Å². The fraction of sp³-hybridized carbons (Fsp3) is 0.760. The third-order valence-electron chi connectivity index (χ3n) is 7.67. The lowest BCUT2D eigenvalue weighted by atomic mass is 10.0. The van der Waals surface area contributed by atoms with E-state index in [0.717, 1.165) is 51.4 Å². The SMILES string of the molecule is COC(=O)[C@@]12C[C@@H]1/C=C\CCCCC[C@H](NC(=O)OC1CCCC1)C(=O)N1C[C@H](O)C[C@H]1C(=O)N2. The lowest BCUT2D eigenvalue weighted by Crippen LogP contribution is -2.56. The van der Waals surface area contributed by atoms with E-state index in [1.54, 1.807) is 0 Å². The fourth-order valence-corrected chi connectivity index (χ4v) is 5.58. The van der Waals surface area contributed by atoms with Gasteiger partial charge in [-0.05, 0) is 51.4 Å². The summed E-state index contributed by atoms with van der Waals surface area (Å²) in [5.74, 6) is -1.61. The van der Waals surface area contributed by atoms with Crippen molar-refractivity contribution in [3.05, 3.63) is 12.2 Å². The van der Waals surface area contributed by atoms with Crippen molar-refractivity contribution in [3.63, 3.8) is 0 Å². The summed E-state index contributed by atoms with van der Waals surface area (Å²) in [6, 6.07) is -1.79. The van der Waals surface area contributed by atoms with Crippen LogP contribution in [0.5, 0.6) is 0 Å². The van der Waals surface area contributed by atoms with E-state index < -0.39 is 47.6 Å². The van der Waals surface area contributed by atoms with Crippen LogP contribution in [0.4, 0.5) is 4.79 Å². The Bertz CT molecular complexity index is 856. The maximum absolute atomic E-state index is 13.6. The molecule has 0 radical (unpaired) electrons. The molecule has 2 aliphatic carbocycles.